The second-order valence-corrected chi connectivity index (χ2v) is 7.14. The Morgan fingerprint density at radius 3 is 3.00 bits per heavy atom. The van der Waals surface area contributed by atoms with Crippen LogP contribution in [-0.2, 0) is 16.6 Å². The topological polar surface area (TPSA) is 62.3 Å². The monoisotopic (exact) mass is 283 g/mol. The molecule has 0 bridgehead atoms. The van der Waals surface area contributed by atoms with Crippen molar-refractivity contribution in [2.75, 3.05) is 24.2 Å². The SMILES string of the molecule is C[C@@H]1CCCN(c2cc(CNS(C)(=O)=O)ccn2)C1. The maximum absolute atomic E-state index is 11.1. The van der Waals surface area contributed by atoms with Crippen LogP contribution in [0.15, 0.2) is 18.3 Å². The molecular formula is C13H21N3O2S. The van der Waals surface area contributed by atoms with Gasteiger partial charge in [0.15, 0.2) is 0 Å². The minimum atomic E-state index is -3.15. The van der Waals surface area contributed by atoms with Crippen molar-refractivity contribution in [1.29, 1.82) is 0 Å². The van der Waals surface area contributed by atoms with Crippen LogP contribution >= 0.6 is 0 Å². The van der Waals surface area contributed by atoms with Gasteiger partial charge in [0.1, 0.15) is 5.82 Å². The summed E-state index contributed by atoms with van der Waals surface area (Å²) in [6.45, 7) is 4.62. The zero-order valence-electron chi connectivity index (χ0n) is 11.5. The van der Waals surface area contributed by atoms with Crippen LogP contribution < -0.4 is 9.62 Å². The summed E-state index contributed by atoms with van der Waals surface area (Å²) in [5.41, 5.74) is 0.939. The van der Waals surface area contributed by atoms with E-state index in [2.05, 4.69) is 21.5 Å². The molecule has 0 saturated carbocycles. The molecule has 0 amide bonds. The van der Waals surface area contributed by atoms with Crippen LogP contribution in [0, 0.1) is 5.92 Å². The van der Waals surface area contributed by atoms with E-state index < -0.39 is 10.0 Å². The highest BCUT2D eigenvalue weighted by Crippen LogP contribution is 2.21. The smallest absolute Gasteiger partial charge is 0.209 e. The zero-order valence-corrected chi connectivity index (χ0v) is 12.3. The highest BCUT2D eigenvalue weighted by atomic mass is 32.2. The molecule has 0 aliphatic carbocycles. The van der Waals surface area contributed by atoms with Crippen molar-refractivity contribution in [3.63, 3.8) is 0 Å². The van der Waals surface area contributed by atoms with Gasteiger partial charge in [0.25, 0.3) is 0 Å². The van der Waals surface area contributed by atoms with Gasteiger partial charge in [0.05, 0.1) is 6.26 Å². The lowest BCUT2D eigenvalue weighted by atomic mass is 10.0. The maximum atomic E-state index is 11.1. The highest BCUT2D eigenvalue weighted by molar-refractivity contribution is 7.88. The average molecular weight is 283 g/mol. The third-order valence-electron chi connectivity index (χ3n) is 3.33. The van der Waals surface area contributed by atoms with Crippen LogP contribution in [-0.4, -0.2) is 32.7 Å². The van der Waals surface area contributed by atoms with Crippen molar-refractivity contribution in [2.24, 2.45) is 5.92 Å². The van der Waals surface area contributed by atoms with Crippen molar-refractivity contribution >= 4 is 15.8 Å². The van der Waals surface area contributed by atoms with Gasteiger partial charge in [0, 0.05) is 25.8 Å². The Labute approximate surface area is 115 Å². The first-order valence-electron chi connectivity index (χ1n) is 6.58. The molecule has 1 N–H and O–H groups in total. The van der Waals surface area contributed by atoms with E-state index in [1.165, 1.54) is 19.1 Å². The Kier molecular flexibility index (Phi) is 4.42. The van der Waals surface area contributed by atoms with Crippen LogP contribution in [0.1, 0.15) is 25.3 Å². The number of aromatic nitrogens is 1. The van der Waals surface area contributed by atoms with Gasteiger partial charge in [0.2, 0.25) is 10.0 Å². The second kappa shape index (κ2) is 5.88. The Bertz CT molecular complexity index is 530. The van der Waals surface area contributed by atoms with E-state index in [1.54, 1.807) is 6.20 Å². The Balaban J connectivity index is 2.06. The van der Waals surface area contributed by atoms with E-state index in [0.717, 1.165) is 24.5 Å². The largest absolute Gasteiger partial charge is 0.356 e. The van der Waals surface area contributed by atoms with Crippen molar-refractivity contribution in [3.05, 3.63) is 23.9 Å². The number of hydrogen-bond acceptors (Lipinski definition) is 4. The minimum absolute atomic E-state index is 0.317. The van der Waals surface area contributed by atoms with E-state index in [1.807, 2.05) is 12.1 Å². The number of sulfonamides is 1. The van der Waals surface area contributed by atoms with E-state index >= 15 is 0 Å². The molecule has 1 aromatic rings. The van der Waals surface area contributed by atoms with Crippen LogP contribution in [0.25, 0.3) is 0 Å². The molecule has 1 aliphatic heterocycles. The fourth-order valence-corrected chi connectivity index (χ4v) is 2.78. The van der Waals surface area contributed by atoms with Crippen LogP contribution in [0.3, 0.4) is 0 Å². The van der Waals surface area contributed by atoms with Gasteiger partial charge in [-0.05, 0) is 36.5 Å². The fourth-order valence-electron chi connectivity index (χ4n) is 2.36. The number of piperidine rings is 1. The summed E-state index contributed by atoms with van der Waals surface area (Å²) in [6.07, 6.45) is 5.37. The normalized spacial score (nSPS) is 20.5. The van der Waals surface area contributed by atoms with E-state index in [9.17, 15) is 8.42 Å². The Morgan fingerprint density at radius 2 is 2.32 bits per heavy atom. The minimum Gasteiger partial charge on any atom is -0.356 e. The molecule has 2 rings (SSSR count). The molecule has 19 heavy (non-hydrogen) atoms. The van der Waals surface area contributed by atoms with Crippen LogP contribution in [0.2, 0.25) is 0 Å². The number of nitrogens with one attached hydrogen (secondary N) is 1. The summed E-state index contributed by atoms with van der Waals surface area (Å²) >= 11 is 0. The van der Waals surface area contributed by atoms with Gasteiger partial charge >= 0.3 is 0 Å². The van der Waals surface area contributed by atoms with E-state index in [4.69, 9.17) is 0 Å². The molecule has 1 aliphatic rings. The number of nitrogens with zero attached hydrogens (tertiary/aromatic N) is 2. The van der Waals surface area contributed by atoms with Gasteiger partial charge in [-0.3, -0.25) is 0 Å². The first-order chi connectivity index (χ1) is 8.94. The molecule has 2 heterocycles. The second-order valence-electron chi connectivity index (χ2n) is 5.31. The number of anilines is 1. The van der Waals surface area contributed by atoms with Crippen LogP contribution in [0.4, 0.5) is 5.82 Å². The van der Waals surface area contributed by atoms with Gasteiger partial charge in [-0.15, -0.1) is 0 Å². The molecule has 1 atom stereocenters. The van der Waals surface area contributed by atoms with Crippen molar-refractivity contribution in [2.45, 2.75) is 26.3 Å². The van der Waals surface area contributed by atoms with Gasteiger partial charge < -0.3 is 4.90 Å². The predicted octanol–water partition coefficient (Wildman–Crippen LogP) is 1.37. The van der Waals surface area contributed by atoms with Crippen molar-refractivity contribution < 1.29 is 8.42 Å². The molecular weight excluding hydrogens is 262 g/mol. The third kappa shape index (κ3) is 4.47. The summed E-state index contributed by atoms with van der Waals surface area (Å²) in [4.78, 5) is 6.67. The van der Waals surface area contributed by atoms with Gasteiger partial charge in [-0.1, -0.05) is 6.92 Å². The lowest BCUT2D eigenvalue weighted by Gasteiger charge is -2.32. The summed E-state index contributed by atoms with van der Waals surface area (Å²) in [6, 6.07) is 3.81. The first kappa shape index (κ1) is 14.3. The molecule has 106 valence electrons. The Morgan fingerprint density at radius 1 is 1.53 bits per heavy atom. The number of hydrogen-bond donors (Lipinski definition) is 1. The summed E-state index contributed by atoms with van der Waals surface area (Å²) < 4.78 is 24.7. The Hall–Kier alpha value is -1.14. The molecule has 1 fully saturated rings. The quantitative estimate of drug-likeness (QED) is 0.906. The van der Waals surface area contributed by atoms with Crippen molar-refractivity contribution in [3.8, 4) is 0 Å². The molecule has 0 radical (unpaired) electrons. The predicted molar refractivity (Wildman–Crippen MR) is 76.5 cm³/mol. The van der Waals surface area contributed by atoms with E-state index in [0.29, 0.717) is 12.5 Å². The number of pyridine rings is 1. The summed E-state index contributed by atoms with van der Waals surface area (Å²) in [5, 5.41) is 0. The maximum Gasteiger partial charge on any atom is 0.209 e. The van der Waals surface area contributed by atoms with Gasteiger partial charge in [-0.2, -0.15) is 0 Å². The molecule has 1 saturated heterocycles. The van der Waals surface area contributed by atoms with Gasteiger partial charge in [-0.25, -0.2) is 18.1 Å². The van der Waals surface area contributed by atoms with E-state index in [-0.39, 0.29) is 0 Å². The first-order valence-corrected chi connectivity index (χ1v) is 8.48. The molecule has 6 heteroatoms. The number of rotatable bonds is 4. The third-order valence-corrected chi connectivity index (χ3v) is 4.00. The molecule has 0 spiro atoms. The molecule has 1 aromatic heterocycles. The molecule has 0 unspecified atom stereocenters. The molecule has 0 aromatic carbocycles. The lowest BCUT2D eigenvalue weighted by Crippen LogP contribution is -2.34. The standard InChI is InChI=1S/C13H21N3O2S/c1-11-4-3-7-16(10-11)13-8-12(5-6-14-13)9-15-19(2,17)18/h5-6,8,11,15H,3-4,7,9-10H2,1-2H3/t11-/m1/s1. The lowest BCUT2D eigenvalue weighted by molar-refractivity contribution is 0.444. The molecule has 5 nitrogen and oxygen atoms in total. The summed E-state index contributed by atoms with van der Waals surface area (Å²) in [7, 11) is -3.15. The van der Waals surface area contributed by atoms with Crippen LogP contribution in [0.5, 0.6) is 0 Å². The zero-order chi connectivity index (χ0) is 13.9. The highest BCUT2D eigenvalue weighted by Gasteiger charge is 2.17. The summed E-state index contributed by atoms with van der Waals surface area (Å²) in [5.74, 6) is 1.63. The average Bonchev–Trinajstić information content (AvgIpc) is 2.36. The van der Waals surface area contributed by atoms with Crippen molar-refractivity contribution in [1.82, 2.24) is 9.71 Å². The fraction of sp³-hybridized carbons (Fsp3) is 0.615.